The number of hydrogen-bond donors (Lipinski definition) is 4. The Morgan fingerprint density at radius 3 is 1.76 bits per heavy atom. The lowest BCUT2D eigenvalue weighted by Crippen LogP contribution is -2.57. The topological polar surface area (TPSA) is 339 Å². The molecule has 5 amide bonds. The van der Waals surface area contributed by atoms with Crippen LogP contribution in [0, 0.1) is 13.8 Å². The van der Waals surface area contributed by atoms with Crippen LogP contribution in [0.4, 0.5) is 27.8 Å². The number of amides is 5. The third-order valence-corrected chi connectivity index (χ3v) is 18.7. The van der Waals surface area contributed by atoms with Gasteiger partial charge in [-0.2, -0.15) is 0 Å². The smallest absolute Gasteiger partial charge is 0.416 e. The van der Waals surface area contributed by atoms with Gasteiger partial charge in [-0.1, -0.05) is 24.8 Å². The number of carbonyl (C=O) groups excluding carboxylic acids is 9. The van der Waals surface area contributed by atoms with E-state index in [0.29, 0.717) is 113 Å². The number of aromatic nitrogens is 8. The van der Waals surface area contributed by atoms with E-state index >= 15 is 0 Å². The van der Waals surface area contributed by atoms with Gasteiger partial charge in [-0.15, -0.1) is 0 Å². The molecule has 4 aromatic heterocycles. The highest BCUT2D eigenvalue weighted by atomic mass is 16.7. The van der Waals surface area contributed by atoms with Crippen molar-refractivity contribution < 1.29 is 66.8 Å². The molecule has 2 unspecified atom stereocenters. The normalized spacial score (nSPS) is 17.7. The number of hydrogen-bond acceptors (Lipinski definition) is 19. The third-order valence-electron chi connectivity index (χ3n) is 18.7. The van der Waals surface area contributed by atoms with E-state index < -0.39 is 24.7 Å². The second-order valence-electron chi connectivity index (χ2n) is 26.5. The van der Waals surface area contributed by atoms with Crippen LogP contribution in [-0.2, 0) is 50.7 Å². The number of fused-ring (bicyclic) bond motifs is 6. The van der Waals surface area contributed by atoms with E-state index in [4.69, 9.17) is 23.7 Å². The van der Waals surface area contributed by atoms with Gasteiger partial charge in [-0.05, 0) is 143 Å². The average molecular weight is 1410 g/mol. The summed E-state index contributed by atoms with van der Waals surface area (Å²) in [7, 11) is 3.38. The molecule has 28 heteroatoms. The van der Waals surface area contributed by atoms with Gasteiger partial charge in [0.2, 0.25) is 23.4 Å². The van der Waals surface area contributed by atoms with Gasteiger partial charge in [-0.3, -0.25) is 43.3 Å². The number of carbonyl (C=O) groups is 9. The highest BCUT2D eigenvalue weighted by Gasteiger charge is 2.47. The largest absolute Gasteiger partial charge is 0.493 e. The van der Waals surface area contributed by atoms with E-state index in [0.717, 1.165) is 68.2 Å². The van der Waals surface area contributed by atoms with Gasteiger partial charge in [0.15, 0.2) is 59.0 Å². The standard InChI is InChI=1S/C42H49N7O9.C33H35N7O5/c1-5-17-57-42(54)49-32-23-34(25(2)20-28(32)40(53)48-16-8-6-11-31(48)41(49)58-37-13-7-9-18-56-37)55-19-10-12-36(52)45-35-24-47(4)39(46-35)33(51)22-27-14-15-29-30(21-27)44-38(43-29)26(3)50;1-19-13-23-25(34-17-22-7-4-5-11-40(22)33(23)44)16-28(19)45-12-6-8-30(43)37-29-18-39(3)32(38-29)27(42)15-21-9-10-24-26(14-21)36-31(35-24)20(2)41/h5,14-15,20-21,23-24,31,37,41H,1,6-13,16-19,22H2,2-4H3,(H,43,44)(H,45,52);9-10,13-14,16-18,22H,4-8,11-12,15H2,1-3H3,(H,35,36)(H,37,43)/t31-,37?,41?;22-/m00/s1. The maximum Gasteiger partial charge on any atom is 0.416 e. The fourth-order valence-corrected chi connectivity index (χ4v) is 13.5. The first-order chi connectivity index (χ1) is 49.7. The summed E-state index contributed by atoms with van der Waals surface area (Å²) in [4.78, 5) is 149. The van der Waals surface area contributed by atoms with Crippen LogP contribution >= 0.6 is 0 Å². The molecule has 0 aliphatic carbocycles. The van der Waals surface area contributed by atoms with Gasteiger partial charge in [0, 0.05) is 104 Å². The fourth-order valence-electron chi connectivity index (χ4n) is 13.5. The number of nitrogens with zero attached hydrogens (tertiary/aromatic N) is 10. The number of nitrogens with one attached hydrogen (secondary N) is 4. The Kier molecular flexibility index (Phi) is 22.2. The summed E-state index contributed by atoms with van der Waals surface area (Å²) in [6.07, 6.45) is 13.6. The Morgan fingerprint density at radius 1 is 0.650 bits per heavy atom. The van der Waals surface area contributed by atoms with Crippen molar-refractivity contribution >= 4 is 104 Å². The van der Waals surface area contributed by atoms with Crippen molar-refractivity contribution in [2.45, 2.75) is 149 Å². The number of H-pyrrole nitrogens is 2. The van der Waals surface area contributed by atoms with Crippen molar-refractivity contribution in [1.82, 2.24) is 48.8 Å². The minimum atomic E-state index is -0.860. The zero-order chi connectivity index (χ0) is 72.6. The maximum absolute atomic E-state index is 14.2. The molecule has 9 heterocycles. The lowest BCUT2D eigenvalue weighted by molar-refractivity contribution is -0.198. The number of rotatable bonds is 24. The zero-order valence-corrected chi connectivity index (χ0v) is 58.6. The summed E-state index contributed by atoms with van der Waals surface area (Å²) in [6.45, 7) is 12.6. The average Bonchev–Trinajstić information content (AvgIpc) is 1.63. The molecule has 28 nitrogen and oxygen atoms in total. The molecule has 4 atom stereocenters. The molecule has 3 fully saturated rings. The maximum atomic E-state index is 14.2. The van der Waals surface area contributed by atoms with Crippen LogP contribution in [0.1, 0.15) is 183 Å². The number of benzene rings is 4. The molecule has 4 aromatic carbocycles. The van der Waals surface area contributed by atoms with Crippen molar-refractivity contribution in [3.05, 3.63) is 142 Å². The van der Waals surface area contributed by atoms with E-state index in [1.54, 1.807) is 90.2 Å². The van der Waals surface area contributed by atoms with Gasteiger partial charge in [-0.25, -0.2) is 29.6 Å². The monoisotopic (exact) mass is 1400 g/mol. The van der Waals surface area contributed by atoms with Crippen molar-refractivity contribution in [3.8, 4) is 11.5 Å². The van der Waals surface area contributed by atoms with Crippen LogP contribution in [-0.4, -0.2) is 172 Å². The molecule has 5 aliphatic heterocycles. The molecule has 3 saturated heterocycles. The summed E-state index contributed by atoms with van der Waals surface area (Å²) in [5.41, 5.74) is 7.48. The molecule has 0 bridgehead atoms. The molecular formula is C75H84N14O14. The van der Waals surface area contributed by atoms with Crippen LogP contribution in [0.25, 0.3) is 22.1 Å². The Bertz CT molecular complexity index is 4650. The Labute approximate surface area is 593 Å². The minimum Gasteiger partial charge on any atom is -0.493 e. The van der Waals surface area contributed by atoms with Crippen LogP contribution in [0.3, 0.4) is 0 Å². The van der Waals surface area contributed by atoms with E-state index in [1.807, 2.05) is 35.9 Å². The third kappa shape index (κ3) is 16.7. The van der Waals surface area contributed by atoms with Crippen LogP contribution in [0.15, 0.2) is 90.7 Å². The molecule has 5 aliphatic rings. The number of Topliss-reactive ketones (excluding diaryl/α,β-unsaturated/α-hetero) is 4. The molecule has 0 radical (unpaired) electrons. The Morgan fingerprint density at radius 2 is 1.19 bits per heavy atom. The fraction of sp³-hybridized carbons (Fsp3) is 0.413. The van der Waals surface area contributed by atoms with Gasteiger partial charge in [0.25, 0.3) is 11.8 Å². The second kappa shape index (κ2) is 31.9. The van der Waals surface area contributed by atoms with Gasteiger partial charge in [0.1, 0.15) is 18.1 Å². The summed E-state index contributed by atoms with van der Waals surface area (Å²) < 4.78 is 33.4. The second-order valence-corrected chi connectivity index (χ2v) is 26.5. The highest BCUT2D eigenvalue weighted by molar-refractivity contribution is 6.06. The van der Waals surface area contributed by atoms with Crippen molar-refractivity contribution in [3.63, 3.8) is 0 Å². The van der Waals surface area contributed by atoms with Crippen LogP contribution in [0.2, 0.25) is 0 Å². The molecule has 538 valence electrons. The summed E-state index contributed by atoms with van der Waals surface area (Å²) >= 11 is 0. The predicted molar refractivity (Wildman–Crippen MR) is 382 cm³/mol. The summed E-state index contributed by atoms with van der Waals surface area (Å²) in [5, 5.41) is 5.53. The molecule has 0 spiro atoms. The molecule has 13 rings (SSSR count). The number of aryl methyl sites for hydroxylation is 4. The van der Waals surface area contributed by atoms with E-state index in [2.05, 4.69) is 52.1 Å². The van der Waals surface area contributed by atoms with Gasteiger partial charge < -0.3 is 63.2 Å². The van der Waals surface area contributed by atoms with Crippen molar-refractivity contribution in [2.75, 3.05) is 55.1 Å². The number of piperidine rings is 2. The molecule has 4 N–H and O–H groups in total. The Hall–Kier alpha value is -11.0. The van der Waals surface area contributed by atoms with Crippen LogP contribution < -0.4 is 25.0 Å². The Balaban J connectivity index is 0.000000200. The van der Waals surface area contributed by atoms with E-state index in [1.165, 1.54) is 24.8 Å². The van der Waals surface area contributed by atoms with Crippen LogP contribution in [0.5, 0.6) is 11.5 Å². The molecule has 8 aromatic rings. The van der Waals surface area contributed by atoms with E-state index in [9.17, 15) is 43.2 Å². The minimum absolute atomic E-state index is 0.0118. The summed E-state index contributed by atoms with van der Waals surface area (Å²) in [6, 6.07) is 17.4. The van der Waals surface area contributed by atoms with E-state index in [-0.39, 0.29) is 121 Å². The molecule has 103 heavy (non-hydrogen) atoms. The number of aromatic amines is 2. The number of ether oxygens (including phenoxy) is 5. The highest BCUT2D eigenvalue weighted by Crippen LogP contribution is 2.41. The number of imidazole rings is 4. The lowest BCUT2D eigenvalue weighted by atomic mass is 10.00. The first-order valence-electron chi connectivity index (χ1n) is 34.9. The number of anilines is 3. The lowest BCUT2D eigenvalue weighted by Gasteiger charge is -2.42. The van der Waals surface area contributed by atoms with Gasteiger partial charge in [0.05, 0.1) is 69.9 Å². The first kappa shape index (κ1) is 71.8. The molecule has 0 saturated carbocycles. The quantitative estimate of drug-likeness (QED) is 0.0248. The summed E-state index contributed by atoms with van der Waals surface area (Å²) in [5.74, 6) is 1.01. The van der Waals surface area contributed by atoms with Crippen molar-refractivity contribution in [2.24, 2.45) is 19.1 Å². The SMILES string of the molecule is C=CCOC(=O)N1c2cc(OCCCC(=O)Nc3cn(C)c(C(=O)Cc4ccc5nc(C(C)=O)[nH]c5c4)n3)c(C)cc2C(=O)N2CCCC[C@H]2C1OC1CCCCO1.CC(=O)c1nc2ccc(CC(=O)c3nc(NC(=O)CCCOc4cc5c(cc4C)C(=O)N4CCCC[C@H]4C=N5)cn3C)cc2[nH]1. The zero-order valence-electron chi connectivity index (χ0n) is 58.6. The molecular weight excluding hydrogens is 1320 g/mol. The van der Waals surface area contributed by atoms with Gasteiger partial charge >= 0.3 is 6.09 Å². The number of ketones is 4. The first-order valence-corrected chi connectivity index (χ1v) is 34.9. The predicted octanol–water partition coefficient (Wildman–Crippen LogP) is 10.8. The number of aliphatic imine (C=N–C) groups is 1. The van der Waals surface area contributed by atoms with Crippen molar-refractivity contribution in [1.29, 1.82) is 0 Å².